The highest BCUT2D eigenvalue weighted by Gasteiger charge is 2.38. The second kappa shape index (κ2) is 24.7. The summed E-state index contributed by atoms with van der Waals surface area (Å²) in [5.74, 6) is -5.71. The zero-order chi connectivity index (χ0) is 37.3. The fraction of sp³-hybridized carbons (Fsp3) is 0.500. The highest BCUT2D eigenvalue weighted by molar-refractivity contribution is 5.88. The molecule has 0 aliphatic rings. The molecule has 0 bridgehead atoms. The smallest absolute Gasteiger partial charge is 0.490 e. The summed E-state index contributed by atoms with van der Waals surface area (Å²) >= 11 is 0. The van der Waals surface area contributed by atoms with Gasteiger partial charge in [-0.25, -0.2) is 9.59 Å². The molecule has 1 atom stereocenters. The first-order chi connectivity index (χ1) is 23.0. The second-order valence-electron chi connectivity index (χ2n) is 10.6. The number of carboxylic acids is 2. The number of phenols is 1. The Morgan fingerprint density at radius 3 is 1.63 bits per heavy atom. The number of hydrogen-bond donors (Lipinski definition) is 7. The molecule has 0 spiro atoms. The van der Waals surface area contributed by atoms with E-state index < -0.39 is 30.3 Å². The van der Waals surface area contributed by atoms with Gasteiger partial charge in [0.05, 0.1) is 6.42 Å². The number of nitrogens with two attached hydrogens (primary N) is 1. The van der Waals surface area contributed by atoms with E-state index in [-0.39, 0.29) is 24.0 Å². The van der Waals surface area contributed by atoms with Crippen LogP contribution in [0.3, 0.4) is 0 Å². The molecule has 0 heterocycles. The molecule has 0 aliphatic heterocycles. The van der Waals surface area contributed by atoms with Crippen LogP contribution in [0.2, 0.25) is 0 Å². The average molecular weight is 711 g/mol. The number of carbonyl (C=O) groups excluding carboxylic acids is 2. The summed E-state index contributed by atoms with van der Waals surface area (Å²) in [4.78, 5) is 43.3. The number of nitrogens with one attached hydrogen (secondary N) is 3. The molecule has 17 heteroatoms. The Bertz CT molecular complexity index is 1210. The monoisotopic (exact) mass is 710 g/mol. The van der Waals surface area contributed by atoms with Gasteiger partial charge in [0.1, 0.15) is 11.8 Å². The number of carbonyl (C=O) groups is 4. The Hall–Kier alpha value is -4.38. The number of phenolic OH excluding ortho intramolecular Hbond substituents is 1. The molecule has 2 aromatic rings. The molecule has 0 saturated carbocycles. The number of aromatic hydroxyl groups is 1. The number of hydrogen-bond acceptors (Lipinski definition) is 7. The number of halogens is 6. The zero-order valence-electron chi connectivity index (χ0n) is 26.8. The van der Waals surface area contributed by atoms with Gasteiger partial charge in [-0.2, -0.15) is 26.3 Å². The molecule has 11 nitrogen and oxygen atoms in total. The van der Waals surface area contributed by atoms with Crippen LogP contribution in [-0.4, -0.2) is 83.6 Å². The maximum absolute atomic E-state index is 12.9. The lowest BCUT2D eigenvalue weighted by molar-refractivity contribution is -0.193. The number of amides is 2. The quantitative estimate of drug-likeness (QED) is 0.0872. The minimum atomic E-state index is -5.08. The predicted octanol–water partition coefficient (Wildman–Crippen LogP) is 4.32. The number of benzene rings is 2. The normalized spacial score (nSPS) is 11.6. The molecule has 0 fully saturated rings. The van der Waals surface area contributed by atoms with E-state index in [4.69, 9.17) is 25.5 Å². The number of carboxylic acid groups (broad SMARTS) is 2. The van der Waals surface area contributed by atoms with E-state index in [0.717, 1.165) is 56.4 Å². The molecular weight excluding hydrogens is 666 g/mol. The number of unbranched alkanes of at least 4 members (excludes halogenated alkanes) is 5. The molecule has 0 aliphatic carbocycles. The maximum atomic E-state index is 12.9. The van der Waals surface area contributed by atoms with Crippen molar-refractivity contribution in [3.05, 3.63) is 65.7 Å². The van der Waals surface area contributed by atoms with Gasteiger partial charge in [0.2, 0.25) is 11.8 Å². The molecule has 0 aromatic heterocycles. The lowest BCUT2D eigenvalue weighted by atomic mass is 10.0. The van der Waals surface area contributed by atoms with Crippen molar-refractivity contribution in [3.8, 4) is 5.75 Å². The van der Waals surface area contributed by atoms with Crippen LogP contribution in [0.25, 0.3) is 0 Å². The van der Waals surface area contributed by atoms with Crippen molar-refractivity contribution < 1.29 is 60.8 Å². The summed E-state index contributed by atoms with van der Waals surface area (Å²) in [6.07, 6.45) is -1.80. The van der Waals surface area contributed by atoms with Gasteiger partial charge in [0.15, 0.2) is 0 Å². The van der Waals surface area contributed by atoms with E-state index in [1.54, 1.807) is 24.3 Å². The Morgan fingerprint density at radius 1 is 0.673 bits per heavy atom. The number of aliphatic carboxylic acids is 2. The van der Waals surface area contributed by atoms with Crippen molar-refractivity contribution in [2.24, 2.45) is 5.73 Å². The predicted molar refractivity (Wildman–Crippen MR) is 169 cm³/mol. The van der Waals surface area contributed by atoms with Crippen LogP contribution in [0.4, 0.5) is 26.3 Å². The molecule has 2 amide bonds. The third-order valence-corrected chi connectivity index (χ3v) is 6.36. The third-order valence-electron chi connectivity index (χ3n) is 6.36. The van der Waals surface area contributed by atoms with Crippen LogP contribution in [0.1, 0.15) is 56.1 Å². The van der Waals surface area contributed by atoms with Crippen molar-refractivity contribution in [2.45, 2.75) is 76.2 Å². The van der Waals surface area contributed by atoms with Gasteiger partial charge < -0.3 is 37.0 Å². The summed E-state index contributed by atoms with van der Waals surface area (Å²) in [6.45, 7) is 3.38. The van der Waals surface area contributed by atoms with Gasteiger partial charge in [-0.15, -0.1) is 0 Å². The van der Waals surface area contributed by atoms with Gasteiger partial charge in [-0.05, 0) is 62.2 Å². The summed E-state index contributed by atoms with van der Waals surface area (Å²) in [5, 5.41) is 33.1. The van der Waals surface area contributed by atoms with Crippen molar-refractivity contribution in [3.63, 3.8) is 0 Å². The maximum Gasteiger partial charge on any atom is 0.490 e. The number of alkyl halides is 6. The van der Waals surface area contributed by atoms with Crippen molar-refractivity contribution in [1.82, 2.24) is 16.0 Å². The van der Waals surface area contributed by atoms with Gasteiger partial charge >= 0.3 is 24.3 Å². The first-order valence-corrected chi connectivity index (χ1v) is 15.4. The Balaban J connectivity index is 0.00000137. The molecule has 0 unspecified atom stereocenters. The van der Waals surface area contributed by atoms with Crippen molar-refractivity contribution in [2.75, 3.05) is 26.2 Å². The first-order valence-electron chi connectivity index (χ1n) is 15.4. The number of rotatable bonds is 18. The van der Waals surface area contributed by atoms with E-state index in [0.29, 0.717) is 13.0 Å². The van der Waals surface area contributed by atoms with E-state index in [9.17, 15) is 41.0 Å². The molecule has 49 heavy (non-hydrogen) atoms. The van der Waals surface area contributed by atoms with Crippen LogP contribution in [-0.2, 0) is 32.0 Å². The van der Waals surface area contributed by atoms with E-state index in [1.165, 1.54) is 19.3 Å². The highest BCUT2D eigenvalue weighted by Crippen LogP contribution is 2.14. The minimum Gasteiger partial charge on any atom is -0.508 e. The van der Waals surface area contributed by atoms with Gasteiger partial charge in [0.25, 0.3) is 0 Å². The molecule has 0 saturated heterocycles. The summed E-state index contributed by atoms with van der Waals surface area (Å²) in [5.41, 5.74) is 7.26. The van der Waals surface area contributed by atoms with Crippen molar-refractivity contribution >= 4 is 23.8 Å². The van der Waals surface area contributed by atoms with Crippen LogP contribution in [0.5, 0.6) is 5.75 Å². The molecule has 8 N–H and O–H groups in total. The minimum absolute atomic E-state index is 0.172. The Morgan fingerprint density at radius 2 is 1.14 bits per heavy atom. The molecule has 276 valence electrons. The SMILES string of the molecule is NCCCNCCCCCCCCNC(=O)[C@H](Cc1ccc(O)cc1)NC(=O)Cc1ccccc1.O=C(O)C(F)(F)F.O=C(O)C(F)(F)F. The molecular formula is C32H44F6N4O7. The Kier molecular flexibility index (Phi) is 22.5. The van der Waals surface area contributed by atoms with Crippen LogP contribution < -0.4 is 21.7 Å². The third kappa shape index (κ3) is 24.4. The van der Waals surface area contributed by atoms with Crippen LogP contribution in [0, 0.1) is 0 Å². The van der Waals surface area contributed by atoms with Gasteiger partial charge in [-0.3, -0.25) is 9.59 Å². The highest BCUT2D eigenvalue weighted by atomic mass is 19.4. The molecule has 2 aromatic carbocycles. The fourth-order valence-corrected chi connectivity index (χ4v) is 3.87. The summed E-state index contributed by atoms with van der Waals surface area (Å²) in [7, 11) is 0. The molecule has 2 rings (SSSR count). The van der Waals surface area contributed by atoms with Crippen molar-refractivity contribution in [1.29, 1.82) is 0 Å². The first kappa shape index (κ1) is 44.6. The van der Waals surface area contributed by atoms with Gasteiger partial charge in [0, 0.05) is 13.0 Å². The van der Waals surface area contributed by atoms with Gasteiger partial charge in [-0.1, -0.05) is 68.1 Å². The lowest BCUT2D eigenvalue weighted by Crippen LogP contribution is -2.48. The van der Waals surface area contributed by atoms with E-state index >= 15 is 0 Å². The zero-order valence-corrected chi connectivity index (χ0v) is 26.8. The largest absolute Gasteiger partial charge is 0.508 e. The standard InChI is InChI=1S/C28H42N4O3.2C2HF3O2/c29-17-10-19-30-18-8-3-1-2-4-9-20-31-28(35)26(21-24-13-15-25(33)16-14-24)32-27(34)22-23-11-6-5-7-12-23;2*3-2(4,5)1(6)7/h5-7,11-16,26,30,33H,1-4,8-10,17-22,29H2,(H,31,35)(H,32,34);2*(H,6,7)/t26-;;/m0../s1. The summed E-state index contributed by atoms with van der Waals surface area (Å²) < 4.78 is 63.5. The van der Waals surface area contributed by atoms with E-state index in [2.05, 4.69) is 16.0 Å². The Labute approximate surface area is 280 Å². The fourth-order valence-electron chi connectivity index (χ4n) is 3.87. The summed E-state index contributed by atoms with van der Waals surface area (Å²) in [6, 6.07) is 15.5. The second-order valence-corrected chi connectivity index (χ2v) is 10.6. The van der Waals surface area contributed by atoms with Crippen LogP contribution in [0.15, 0.2) is 54.6 Å². The lowest BCUT2D eigenvalue weighted by Gasteiger charge is -2.19. The van der Waals surface area contributed by atoms with Crippen LogP contribution >= 0.6 is 0 Å². The molecule has 0 radical (unpaired) electrons. The average Bonchev–Trinajstić information content (AvgIpc) is 3.02. The topological polar surface area (TPSA) is 191 Å². The van der Waals surface area contributed by atoms with E-state index in [1.807, 2.05) is 30.3 Å².